The number of nitrogens with two attached hydrogens (primary N) is 1. The molecule has 1 saturated heterocycles. The molecule has 1 aliphatic carbocycles. The maximum atomic E-state index is 13.8. The van der Waals surface area contributed by atoms with E-state index in [0.29, 0.717) is 5.56 Å². The number of benzene rings is 1. The zero-order valence-electron chi connectivity index (χ0n) is 16.4. The van der Waals surface area contributed by atoms with Crippen LogP contribution in [0.1, 0.15) is 44.1 Å². The lowest BCUT2D eigenvalue weighted by Crippen LogP contribution is -2.69. The highest BCUT2D eigenvalue weighted by Gasteiger charge is 2.54. The summed E-state index contributed by atoms with van der Waals surface area (Å²) in [6.45, 7) is 1.94. The maximum Gasteiger partial charge on any atom is 0.391 e. The number of hydrogen-bond acceptors (Lipinski definition) is 2. The smallest absolute Gasteiger partial charge is 0.352 e. The van der Waals surface area contributed by atoms with Crippen molar-refractivity contribution in [3.8, 4) is 0 Å². The normalized spacial score (nSPS) is 28.7. The summed E-state index contributed by atoms with van der Waals surface area (Å²) in [4.78, 5) is 26.4. The number of carbonyl (C=O) groups is 2. The van der Waals surface area contributed by atoms with E-state index < -0.39 is 41.3 Å². The number of hydrogen-bond donors (Lipinski definition) is 2. The first-order valence-electron chi connectivity index (χ1n) is 9.83. The van der Waals surface area contributed by atoms with Gasteiger partial charge in [-0.3, -0.25) is 4.79 Å². The Morgan fingerprint density at radius 3 is 2.47 bits per heavy atom. The second kappa shape index (κ2) is 8.24. The Bertz CT molecular complexity index is 827. The SMILES string of the molecule is CC1([C@@H](c2ccc(F)c(Cl)c2)C2CCC(C(F)(F)F)CC2)C(=O)NCCN1C(N)=O. The molecule has 1 aliphatic heterocycles. The van der Waals surface area contributed by atoms with Crippen LogP contribution in [0.2, 0.25) is 5.02 Å². The Morgan fingerprint density at radius 1 is 1.30 bits per heavy atom. The summed E-state index contributed by atoms with van der Waals surface area (Å²) in [5, 5.41) is 2.57. The summed E-state index contributed by atoms with van der Waals surface area (Å²) in [6, 6.07) is 3.21. The molecule has 2 aliphatic rings. The average molecular weight is 450 g/mol. The fraction of sp³-hybridized carbons (Fsp3) is 0.600. The van der Waals surface area contributed by atoms with Crippen LogP contribution in [-0.4, -0.2) is 41.6 Å². The summed E-state index contributed by atoms with van der Waals surface area (Å²) in [6.07, 6.45) is -4.01. The van der Waals surface area contributed by atoms with Gasteiger partial charge in [0, 0.05) is 19.0 Å². The zero-order valence-corrected chi connectivity index (χ0v) is 17.2. The second-order valence-corrected chi connectivity index (χ2v) is 8.61. The van der Waals surface area contributed by atoms with Crippen molar-refractivity contribution in [1.29, 1.82) is 0 Å². The van der Waals surface area contributed by atoms with Crippen molar-refractivity contribution in [2.45, 2.75) is 50.2 Å². The number of carbonyl (C=O) groups excluding carboxylic acids is 2. The Balaban J connectivity index is 2.05. The molecule has 0 aromatic heterocycles. The van der Waals surface area contributed by atoms with Gasteiger partial charge < -0.3 is 16.0 Å². The third-order valence-electron chi connectivity index (χ3n) is 6.52. The summed E-state index contributed by atoms with van der Waals surface area (Å²) in [5.41, 5.74) is 4.60. The second-order valence-electron chi connectivity index (χ2n) is 8.20. The fourth-order valence-corrected chi connectivity index (χ4v) is 5.19. The van der Waals surface area contributed by atoms with E-state index in [1.807, 2.05) is 0 Å². The van der Waals surface area contributed by atoms with E-state index in [4.69, 9.17) is 17.3 Å². The minimum Gasteiger partial charge on any atom is -0.352 e. The molecular weight excluding hydrogens is 426 g/mol. The molecule has 3 amide bonds. The van der Waals surface area contributed by atoms with Crippen LogP contribution in [-0.2, 0) is 4.79 Å². The number of piperazine rings is 1. The average Bonchev–Trinajstić information content (AvgIpc) is 2.66. The summed E-state index contributed by atoms with van der Waals surface area (Å²) in [5.74, 6) is -3.54. The summed E-state index contributed by atoms with van der Waals surface area (Å²) in [7, 11) is 0. The molecule has 1 unspecified atom stereocenters. The number of halogens is 5. The van der Waals surface area contributed by atoms with E-state index in [2.05, 4.69) is 5.32 Å². The quantitative estimate of drug-likeness (QED) is 0.678. The third-order valence-corrected chi connectivity index (χ3v) is 6.81. The lowest BCUT2D eigenvalue weighted by Gasteiger charge is -2.50. The van der Waals surface area contributed by atoms with Gasteiger partial charge in [-0.1, -0.05) is 17.7 Å². The lowest BCUT2D eigenvalue weighted by atomic mass is 9.65. The van der Waals surface area contributed by atoms with E-state index in [9.17, 15) is 27.2 Å². The molecular formula is C20H24ClF4N3O2. The van der Waals surface area contributed by atoms with E-state index in [0.717, 1.165) is 6.07 Å². The van der Waals surface area contributed by atoms with Crippen LogP contribution >= 0.6 is 11.6 Å². The van der Waals surface area contributed by atoms with E-state index in [1.54, 1.807) is 6.92 Å². The molecule has 1 heterocycles. The molecule has 0 bridgehead atoms. The molecule has 2 fully saturated rings. The van der Waals surface area contributed by atoms with Crippen molar-refractivity contribution < 1.29 is 27.2 Å². The van der Waals surface area contributed by atoms with Crippen molar-refractivity contribution >= 4 is 23.5 Å². The van der Waals surface area contributed by atoms with E-state index in [-0.39, 0.29) is 49.7 Å². The molecule has 1 aromatic carbocycles. The molecule has 0 radical (unpaired) electrons. The number of amides is 3. The van der Waals surface area contributed by atoms with Gasteiger partial charge in [0.05, 0.1) is 10.9 Å². The van der Waals surface area contributed by atoms with Crippen LogP contribution in [0.3, 0.4) is 0 Å². The number of urea groups is 1. The predicted octanol–water partition coefficient (Wildman–Crippen LogP) is 4.20. The molecule has 0 spiro atoms. The number of rotatable bonds is 3. The third kappa shape index (κ3) is 4.08. The highest BCUT2D eigenvalue weighted by atomic mass is 35.5. The molecule has 166 valence electrons. The largest absolute Gasteiger partial charge is 0.391 e. The Labute approximate surface area is 176 Å². The van der Waals surface area contributed by atoms with Gasteiger partial charge in [-0.25, -0.2) is 9.18 Å². The topological polar surface area (TPSA) is 75.4 Å². The monoisotopic (exact) mass is 449 g/mol. The van der Waals surface area contributed by atoms with Crippen molar-refractivity contribution in [1.82, 2.24) is 10.2 Å². The van der Waals surface area contributed by atoms with Crippen molar-refractivity contribution in [2.75, 3.05) is 13.1 Å². The summed E-state index contributed by atoms with van der Waals surface area (Å²) < 4.78 is 53.3. The van der Waals surface area contributed by atoms with Crippen LogP contribution in [0.15, 0.2) is 18.2 Å². The Morgan fingerprint density at radius 2 is 1.93 bits per heavy atom. The Kier molecular flexibility index (Phi) is 6.23. The van der Waals surface area contributed by atoms with Gasteiger partial charge in [-0.2, -0.15) is 13.2 Å². The van der Waals surface area contributed by atoms with Crippen LogP contribution in [0, 0.1) is 17.7 Å². The molecule has 3 rings (SSSR count). The molecule has 10 heteroatoms. The van der Waals surface area contributed by atoms with Gasteiger partial charge in [-0.15, -0.1) is 0 Å². The zero-order chi connectivity index (χ0) is 22.3. The molecule has 5 nitrogen and oxygen atoms in total. The number of nitrogens with zero attached hydrogens (tertiary/aromatic N) is 1. The van der Waals surface area contributed by atoms with Gasteiger partial charge in [0.2, 0.25) is 5.91 Å². The highest BCUT2D eigenvalue weighted by Crippen LogP contribution is 2.49. The highest BCUT2D eigenvalue weighted by molar-refractivity contribution is 6.30. The lowest BCUT2D eigenvalue weighted by molar-refractivity contribution is -0.185. The van der Waals surface area contributed by atoms with Gasteiger partial charge in [0.25, 0.3) is 0 Å². The molecule has 2 atom stereocenters. The van der Waals surface area contributed by atoms with Crippen LogP contribution in [0.4, 0.5) is 22.4 Å². The van der Waals surface area contributed by atoms with E-state index in [1.165, 1.54) is 17.0 Å². The van der Waals surface area contributed by atoms with Gasteiger partial charge in [0.1, 0.15) is 11.4 Å². The van der Waals surface area contributed by atoms with Gasteiger partial charge >= 0.3 is 12.2 Å². The number of primary amides is 1. The first-order valence-corrected chi connectivity index (χ1v) is 10.2. The molecule has 30 heavy (non-hydrogen) atoms. The van der Waals surface area contributed by atoms with Crippen LogP contribution in [0.25, 0.3) is 0 Å². The molecule has 1 saturated carbocycles. The minimum atomic E-state index is -4.27. The maximum absolute atomic E-state index is 13.8. The van der Waals surface area contributed by atoms with E-state index >= 15 is 0 Å². The van der Waals surface area contributed by atoms with Crippen LogP contribution in [0.5, 0.6) is 0 Å². The van der Waals surface area contributed by atoms with Crippen molar-refractivity contribution in [3.63, 3.8) is 0 Å². The minimum absolute atomic E-state index is 0.0755. The number of nitrogens with one attached hydrogen (secondary N) is 1. The van der Waals surface area contributed by atoms with Crippen molar-refractivity contribution in [2.24, 2.45) is 17.6 Å². The number of alkyl halides is 3. The first-order chi connectivity index (χ1) is 14.0. The summed E-state index contributed by atoms with van der Waals surface area (Å²) >= 11 is 5.97. The van der Waals surface area contributed by atoms with Gasteiger partial charge in [-0.05, 0) is 56.2 Å². The first kappa shape index (κ1) is 22.7. The fourth-order valence-electron chi connectivity index (χ4n) is 5.00. The Hall–Kier alpha value is -2.03. The van der Waals surface area contributed by atoms with Crippen LogP contribution < -0.4 is 11.1 Å². The molecule has 1 aromatic rings. The van der Waals surface area contributed by atoms with Gasteiger partial charge in [0.15, 0.2) is 0 Å². The predicted molar refractivity (Wildman–Crippen MR) is 103 cm³/mol. The standard InChI is InChI=1S/C20H24ClF4N3O2/c1-19(17(29)27-8-9-28(19)18(26)30)16(12-4-7-15(22)14(21)10-12)11-2-5-13(6-3-11)20(23,24)25/h4,7,10-11,13,16H,2-3,5-6,8-9H2,1H3,(H2,26,30)(H,27,29)/t11?,13?,16-,19?/m1/s1. The molecule has 3 N–H and O–H groups in total. The van der Waals surface area contributed by atoms with Crippen molar-refractivity contribution in [3.05, 3.63) is 34.6 Å².